The van der Waals surface area contributed by atoms with Crippen LogP contribution >= 0.6 is 11.6 Å². The molecule has 0 aliphatic carbocycles. The normalized spacial score (nSPS) is 15.8. The predicted octanol–water partition coefficient (Wildman–Crippen LogP) is 2.69. The second-order valence-electron chi connectivity index (χ2n) is 6.86. The summed E-state index contributed by atoms with van der Waals surface area (Å²) >= 11 is 5.99. The lowest BCUT2D eigenvalue weighted by Gasteiger charge is -2.35. The van der Waals surface area contributed by atoms with Crippen LogP contribution in [0.1, 0.15) is 10.4 Å². The van der Waals surface area contributed by atoms with Crippen molar-refractivity contribution in [1.82, 2.24) is 9.80 Å². The molecule has 1 aliphatic rings. The quantitative estimate of drug-likeness (QED) is 0.743. The Morgan fingerprint density at radius 2 is 1.79 bits per heavy atom. The molecule has 1 amide bonds. The van der Waals surface area contributed by atoms with Crippen LogP contribution < -0.4 is 9.47 Å². The standard InChI is InChI=1S/C21H24ClFN2O4/c1-28-17-3-5-18(6-4-17)29-14-16(26)13-24-8-10-25(11-9-24)21(27)19-7-2-15(23)12-20(19)22/h2-7,12,16,26H,8-11,13-14H2,1H3. The third-order valence-electron chi connectivity index (χ3n) is 4.79. The Morgan fingerprint density at radius 1 is 1.14 bits per heavy atom. The van der Waals surface area contributed by atoms with E-state index in [1.807, 2.05) is 0 Å². The summed E-state index contributed by atoms with van der Waals surface area (Å²) in [5, 5.41) is 10.4. The highest BCUT2D eigenvalue weighted by Gasteiger charge is 2.25. The molecule has 2 aromatic carbocycles. The zero-order valence-corrected chi connectivity index (χ0v) is 16.9. The average molecular weight is 423 g/mol. The monoisotopic (exact) mass is 422 g/mol. The van der Waals surface area contributed by atoms with Gasteiger partial charge in [0.2, 0.25) is 0 Å². The first-order valence-electron chi connectivity index (χ1n) is 9.38. The van der Waals surface area contributed by atoms with Crippen LogP contribution in [-0.2, 0) is 0 Å². The number of benzene rings is 2. The van der Waals surface area contributed by atoms with Crippen molar-refractivity contribution in [3.63, 3.8) is 0 Å². The maximum Gasteiger partial charge on any atom is 0.255 e. The Balaban J connectivity index is 1.43. The molecule has 6 nitrogen and oxygen atoms in total. The van der Waals surface area contributed by atoms with Gasteiger partial charge >= 0.3 is 0 Å². The Bertz CT molecular complexity index is 826. The predicted molar refractivity (Wildman–Crippen MR) is 108 cm³/mol. The Hall–Kier alpha value is -2.35. The summed E-state index contributed by atoms with van der Waals surface area (Å²) in [6.45, 7) is 2.91. The molecule has 1 aliphatic heterocycles. The van der Waals surface area contributed by atoms with Gasteiger partial charge in [-0.15, -0.1) is 0 Å². The maximum atomic E-state index is 13.2. The molecule has 1 saturated heterocycles. The maximum absolute atomic E-state index is 13.2. The molecule has 156 valence electrons. The molecule has 1 unspecified atom stereocenters. The van der Waals surface area contributed by atoms with E-state index in [0.717, 1.165) is 11.8 Å². The van der Waals surface area contributed by atoms with Crippen molar-refractivity contribution in [2.75, 3.05) is 46.4 Å². The Kier molecular flexibility index (Phi) is 7.30. The van der Waals surface area contributed by atoms with Crippen LogP contribution in [0.5, 0.6) is 11.5 Å². The second kappa shape index (κ2) is 9.91. The Labute approximate surface area is 174 Å². The second-order valence-corrected chi connectivity index (χ2v) is 7.26. The van der Waals surface area contributed by atoms with Gasteiger partial charge < -0.3 is 19.5 Å². The largest absolute Gasteiger partial charge is 0.497 e. The highest BCUT2D eigenvalue weighted by molar-refractivity contribution is 6.33. The van der Waals surface area contributed by atoms with E-state index >= 15 is 0 Å². The van der Waals surface area contributed by atoms with E-state index in [1.54, 1.807) is 36.3 Å². The number of hydrogen-bond acceptors (Lipinski definition) is 5. The van der Waals surface area contributed by atoms with E-state index in [2.05, 4.69) is 4.90 Å². The average Bonchev–Trinajstić information content (AvgIpc) is 2.73. The molecule has 1 fully saturated rings. The molecule has 1 atom stereocenters. The molecular weight excluding hydrogens is 399 g/mol. The fraction of sp³-hybridized carbons (Fsp3) is 0.381. The number of methoxy groups -OCH3 is 1. The van der Waals surface area contributed by atoms with E-state index in [9.17, 15) is 14.3 Å². The van der Waals surface area contributed by atoms with Crippen molar-refractivity contribution in [3.05, 3.63) is 58.9 Å². The highest BCUT2D eigenvalue weighted by Crippen LogP contribution is 2.20. The number of halogens is 2. The molecule has 0 radical (unpaired) electrons. The Morgan fingerprint density at radius 3 is 2.41 bits per heavy atom. The van der Waals surface area contributed by atoms with Crippen LogP contribution in [0.25, 0.3) is 0 Å². The number of rotatable bonds is 7. The van der Waals surface area contributed by atoms with E-state index < -0.39 is 11.9 Å². The summed E-state index contributed by atoms with van der Waals surface area (Å²) in [6.07, 6.45) is -0.647. The molecule has 0 saturated carbocycles. The minimum Gasteiger partial charge on any atom is -0.497 e. The first-order chi connectivity index (χ1) is 14.0. The SMILES string of the molecule is COc1ccc(OCC(O)CN2CCN(C(=O)c3ccc(F)cc3Cl)CC2)cc1. The van der Waals surface area contributed by atoms with E-state index in [0.29, 0.717) is 44.0 Å². The van der Waals surface area contributed by atoms with E-state index in [-0.39, 0.29) is 17.5 Å². The van der Waals surface area contributed by atoms with Gasteiger partial charge in [-0.3, -0.25) is 9.69 Å². The number of carbonyl (C=O) groups excluding carboxylic acids is 1. The van der Waals surface area contributed by atoms with Crippen LogP contribution in [0.2, 0.25) is 5.02 Å². The van der Waals surface area contributed by atoms with Gasteiger partial charge in [0.05, 0.1) is 17.7 Å². The minimum atomic E-state index is -0.647. The van der Waals surface area contributed by atoms with Crippen molar-refractivity contribution in [2.45, 2.75) is 6.10 Å². The molecule has 0 spiro atoms. The third kappa shape index (κ3) is 5.82. The zero-order chi connectivity index (χ0) is 20.8. The summed E-state index contributed by atoms with van der Waals surface area (Å²) in [7, 11) is 1.60. The molecule has 0 aromatic heterocycles. The van der Waals surface area contributed by atoms with Gasteiger partial charge in [0, 0.05) is 32.7 Å². The molecule has 29 heavy (non-hydrogen) atoms. The fourth-order valence-corrected chi connectivity index (χ4v) is 3.43. The fourth-order valence-electron chi connectivity index (χ4n) is 3.18. The molecule has 0 bridgehead atoms. The smallest absolute Gasteiger partial charge is 0.255 e. The molecule has 1 N–H and O–H groups in total. The van der Waals surface area contributed by atoms with Crippen molar-refractivity contribution in [1.29, 1.82) is 0 Å². The van der Waals surface area contributed by atoms with Crippen LogP contribution in [0.3, 0.4) is 0 Å². The molecule has 1 heterocycles. The molecule has 8 heteroatoms. The topological polar surface area (TPSA) is 62.2 Å². The van der Waals surface area contributed by atoms with Crippen molar-refractivity contribution in [2.24, 2.45) is 0 Å². The summed E-state index contributed by atoms with van der Waals surface area (Å²) in [6, 6.07) is 11.0. The van der Waals surface area contributed by atoms with Gasteiger partial charge in [0.15, 0.2) is 0 Å². The van der Waals surface area contributed by atoms with Crippen LogP contribution in [0.4, 0.5) is 4.39 Å². The number of carbonyl (C=O) groups is 1. The van der Waals surface area contributed by atoms with Gasteiger partial charge in [-0.1, -0.05) is 11.6 Å². The van der Waals surface area contributed by atoms with Gasteiger partial charge in [0.25, 0.3) is 5.91 Å². The van der Waals surface area contributed by atoms with Crippen molar-refractivity contribution >= 4 is 17.5 Å². The van der Waals surface area contributed by atoms with Crippen LogP contribution in [0.15, 0.2) is 42.5 Å². The number of aliphatic hydroxyl groups excluding tert-OH is 1. The molecule has 3 rings (SSSR count). The number of β-amino-alcohol motifs (C(OH)–C–C–N with tert-alkyl or cyclic N) is 1. The van der Waals surface area contributed by atoms with Gasteiger partial charge in [-0.25, -0.2) is 4.39 Å². The van der Waals surface area contributed by atoms with Gasteiger partial charge in [-0.05, 0) is 42.5 Å². The first-order valence-corrected chi connectivity index (χ1v) is 9.75. The van der Waals surface area contributed by atoms with E-state index in [4.69, 9.17) is 21.1 Å². The van der Waals surface area contributed by atoms with Crippen LogP contribution in [-0.4, -0.2) is 73.4 Å². The molecule has 2 aromatic rings. The molecular formula is C21H24ClFN2O4. The third-order valence-corrected chi connectivity index (χ3v) is 5.10. The van der Waals surface area contributed by atoms with Crippen molar-refractivity contribution < 1.29 is 23.8 Å². The number of ether oxygens (including phenoxy) is 2. The first kappa shape index (κ1) is 21.4. The lowest BCUT2D eigenvalue weighted by Crippen LogP contribution is -2.51. The number of aliphatic hydroxyl groups is 1. The summed E-state index contributed by atoms with van der Waals surface area (Å²) in [5.74, 6) is 0.726. The highest BCUT2D eigenvalue weighted by atomic mass is 35.5. The van der Waals surface area contributed by atoms with E-state index in [1.165, 1.54) is 12.1 Å². The lowest BCUT2D eigenvalue weighted by atomic mass is 10.1. The summed E-state index contributed by atoms with van der Waals surface area (Å²) in [4.78, 5) is 16.4. The minimum absolute atomic E-state index is 0.114. The number of amides is 1. The van der Waals surface area contributed by atoms with Gasteiger partial charge in [-0.2, -0.15) is 0 Å². The zero-order valence-electron chi connectivity index (χ0n) is 16.2. The summed E-state index contributed by atoms with van der Waals surface area (Å²) in [5.41, 5.74) is 0.300. The summed E-state index contributed by atoms with van der Waals surface area (Å²) < 4.78 is 23.9. The lowest BCUT2D eigenvalue weighted by molar-refractivity contribution is 0.0403. The number of nitrogens with zero attached hydrogens (tertiary/aromatic N) is 2. The number of hydrogen-bond donors (Lipinski definition) is 1. The number of piperazine rings is 1. The van der Waals surface area contributed by atoms with Gasteiger partial charge in [0.1, 0.15) is 30.0 Å². The van der Waals surface area contributed by atoms with Crippen molar-refractivity contribution in [3.8, 4) is 11.5 Å². The van der Waals surface area contributed by atoms with Crippen LogP contribution in [0, 0.1) is 5.82 Å².